The second-order valence-electron chi connectivity index (χ2n) is 7.29. The molecule has 30 heavy (non-hydrogen) atoms. The molecular formula is C22H26N4O4. The van der Waals surface area contributed by atoms with Crippen molar-refractivity contribution in [2.45, 2.75) is 39.5 Å². The minimum atomic E-state index is -0.327. The van der Waals surface area contributed by atoms with Crippen molar-refractivity contribution in [3.8, 4) is 5.75 Å². The first kappa shape index (κ1) is 20.2. The second-order valence-corrected chi connectivity index (χ2v) is 7.29. The van der Waals surface area contributed by atoms with Crippen LogP contribution in [0.2, 0.25) is 0 Å². The Morgan fingerprint density at radius 3 is 2.70 bits per heavy atom. The summed E-state index contributed by atoms with van der Waals surface area (Å²) in [5.41, 5.74) is 1.16. The van der Waals surface area contributed by atoms with Gasteiger partial charge in [-0.05, 0) is 37.6 Å². The van der Waals surface area contributed by atoms with Gasteiger partial charge < -0.3 is 14.0 Å². The van der Waals surface area contributed by atoms with E-state index in [1.807, 2.05) is 43.3 Å². The van der Waals surface area contributed by atoms with Gasteiger partial charge in [0.1, 0.15) is 17.7 Å². The van der Waals surface area contributed by atoms with Gasteiger partial charge in [-0.1, -0.05) is 18.2 Å². The minimum absolute atomic E-state index is 0.0931. The predicted octanol–water partition coefficient (Wildman–Crippen LogP) is 2.27. The smallest absolute Gasteiger partial charge is 0.332 e. The molecule has 0 amide bonds. The van der Waals surface area contributed by atoms with Crippen LogP contribution in [0.4, 0.5) is 0 Å². The first-order valence-electron chi connectivity index (χ1n) is 10.3. The van der Waals surface area contributed by atoms with E-state index in [9.17, 15) is 9.59 Å². The topological polar surface area (TPSA) is 80.3 Å². The normalized spacial score (nSPS) is 16.7. The van der Waals surface area contributed by atoms with E-state index < -0.39 is 0 Å². The van der Waals surface area contributed by atoms with Gasteiger partial charge in [-0.25, -0.2) is 9.78 Å². The lowest BCUT2D eigenvalue weighted by molar-refractivity contribution is 0.141. The van der Waals surface area contributed by atoms with E-state index in [1.54, 1.807) is 18.5 Å². The maximum absolute atomic E-state index is 12.8. The fraction of sp³-hybridized carbons (Fsp3) is 0.409. The molecule has 0 saturated carbocycles. The van der Waals surface area contributed by atoms with E-state index in [-0.39, 0.29) is 17.4 Å². The highest BCUT2D eigenvalue weighted by atomic mass is 16.5. The Kier molecular flexibility index (Phi) is 5.59. The highest BCUT2D eigenvalue weighted by Gasteiger charge is 2.18. The summed E-state index contributed by atoms with van der Waals surface area (Å²) in [6, 6.07) is 7.80. The average molecular weight is 410 g/mol. The molecule has 3 heterocycles. The van der Waals surface area contributed by atoms with Crippen LogP contribution in [0.15, 0.2) is 33.9 Å². The quantitative estimate of drug-likeness (QED) is 0.623. The Balaban J connectivity index is 1.70. The van der Waals surface area contributed by atoms with Gasteiger partial charge in [0, 0.05) is 26.6 Å². The van der Waals surface area contributed by atoms with Gasteiger partial charge in [0.2, 0.25) is 0 Å². The van der Waals surface area contributed by atoms with Crippen molar-refractivity contribution in [3.63, 3.8) is 0 Å². The van der Waals surface area contributed by atoms with Gasteiger partial charge in [0.05, 0.1) is 13.2 Å². The first-order chi connectivity index (χ1) is 14.5. The first-order valence-corrected chi connectivity index (χ1v) is 10.3. The molecule has 3 aromatic rings. The number of ether oxygens (including phenoxy) is 2. The van der Waals surface area contributed by atoms with Crippen molar-refractivity contribution in [1.82, 2.24) is 18.7 Å². The van der Waals surface area contributed by atoms with Crippen LogP contribution in [-0.4, -0.2) is 38.0 Å². The Labute approximate surface area is 174 Å². The van der Waals surface area contributed by atoms with E-state index in [2.05, 4.69) is 4.98 Å². The van der Waals surface area contributed by atoms with E-state index in [4.69, 9.17) is 9.47 Å². The number of nitrogens with zero attached hydrogens (tertiary/aromatic N) is 4. The summed E-state index contributed by atoms with van der Waals surface area (Å²) in [7, 11) is 1.79. The van der Waals surface area contributed by atoms with Crippen molar-refractivity contribution >= 4 is 23.3 Å². The highest BCUT2D eigenvalue weighted by Crippen LogP contribution is 2.20. The lowest BCUT2D eigenvalue weighted by Crippen LogP contribution is -2.39. The monoisotopic (exact) mass is 410 g/mol. The Morgan fingerprint density at radius 2 is 2.00 bits per heavy atom. The zero-order chi connectivity index (χ0) is 21.3. The molecule has 1 fully saturated rings. The van der Waals surface area contributed by atoms with Gasteiger partial charge in [-0.2, -0.15) is 0 Å². The van der Waals surface area contributed by atoms with Crippen LogP contribution in [0.25, 0.3) is 23.3 Å². The summed E-state index contributed by atoms with van der Waals surface area (Å²) in [6.07, 6.45) is 4.76. The number of hydrogen-bond acceptors (Lipinski definition) is 5. The molecule has 0 aliphatic carbocycles. The van der Waals surface area contributed by atoms with Crippen molar-refractivity contribution in [2.75, 3.05) is 13.2 Å². The van der Waals surface area contributed by atoms with Crippen LogP contribution < -0.4 is 16.0 Å². The van der Waals surface area contributed by atoms with E-state index in [1.165, 1.54) is 9.13 Å². The minimum Gasteiger partial charge on any atom is -0.488 e. The van der Waals surface area contributed by atoms with Crippen molar-refractivity contribution in [3.05, 3.63) is 56.5 Å². The molecule has 0 spiro atoms. The molecular weight excluding hydrogens is 384 g/mol. The number of benzene rings is 1. The van der Waals surface area contributed by atoms with Crippen molar-refractivity contribution in [2.24, 2.45) is 7.05 Å². The number of aryl methyl sites for hydroxylation is 2. The van der Waals surface area contributed by atoms with Crippen LogP contribution >= 0.6 is 0 Å². The highest BCUT2D eigenvalue weighted by molar-refractivity contribution is 5.76. The van der Waals surface area contributed by atoms with Gasteiger partial charge in [0.25, 0.3) is 5.56 Å². The third-order valence-corrected chi connectivity index (χ3v) is 5.38. The summed E-state index contributed by atoms with van der Waals surface area (Å²) in [6.45, 7) is 5.78. The van der Waals surface area contributed by atoms with Crippen molar-refractivity contribution in [1.29, 1.82) is 0 Å². The second kappa shape index (κ2) is 8.31. The third kappa shape index (κ3) is 3.59. The Morgan fingerprint density at radius 1 is 1.20 bits per heavy atom. The summed E-state index contributed by atoms with van der Waals surface area (Å²) in [5.74, 6) is 1.40. The molecule has 1 aliphatic rings. The number of rotatable bonds is 6. The van der Waals surface area contributed by atoms with Crippen LogP contribution in [0, 0.1) is 0 Å². The van der Waals surface area contributed by atoms with Gasteiger partial charge >= 0.3 is 5.69 Å². The van der Waals surface area contributed by atoms with Gasteiger partial charge in [-0.3, -0.25) is 13.9 Å². The number of aromatic nitrogens is 4. The average Bonchev–Trinajstić information content (AvgIpc) is 3.35. The predicted molar refractivity (Wildman–Crippen MR) is 116 cm³/mol. The maximum Gasteiger partial charge on any atom is 0.332 e. The molecule has 8 nitrogen and oxygen atoms in total. The fourth-order valence-electron chi connectivity index (χ4n) is 3.75. The maximum atomic E-state index is 12.8. The van der Waals surface area contributed by atoms with Gasteiger partial charge in [-0.15, -0.1) is 0 Å². The van der Waals surface area contributed by atoms with E-state index >= 15 is 0 Å². The molecule has 4 rings (SSSR count). The van der Waals surface area contributed by atoms with Crippen molar-refractivity contribution < 1.29 is 9.47 Å². The molecule has 0 bridgehead atoms. The van der Waals surface area contributed by atoms with Crippen LogP contribution in [0.3, 0.4) is 0 Å². The number of hydrogen-bond donors (Lipinski definition) is 0. The molecule has 1 saturated heterocycles. The number of fused-ring (bicyclic) bond motifs is 1. The lowest BCUT2D eigenvalue weighted by Gasteiger charge is -2.11. The third-order valence-electron chi connectivity index (χ3n) is 5.38. The Hall–Kier alpha value is -3.13. The molecule has 2 aromatic heterocycles. The van der Waals surface area contributed by atoms with Gasteiger partial charge in [0.15, 0.2) is 11.2 Å². The zero-order valence-corrected chi connectivity index (χ0v) is 17.5. The number of imidazole rings is 1. The van der Waals surface area contributed by atoms with Crippen LogP contribution in [0.1, 0.15) is 31.7 Å². The molecule has 1 atom stereocenters. The van der Waals surface area contributed by atoms with Crippen LogP contribution in [0.5, 0.6) is 5.75 Å². The largest absolute Gasteiger partial charge is 0.488 e. The Bertz CT molecular complexity index is 1210. The lowest BCUT2D eigenvalue weighted by atomic mass is 10.2. The molecule has 0 radical (unpaired) electrons. The van der Waals surface area contributed by atoms with E-state index in [0.717, 1.165) is 24.3 Å². The molecule has 1 unspecified atom stereocenters. The molecule has 1 aromatic carbocycles. The molecule has 158 valence electrons. The summed E-state index contributed by atoms with van der Waals surface area (Å²) in [4.78, 5) is 30.0. The van der Waals surface area contributed by atoms with Crippen LogP contribution in [-0.2, 0) is 24.9 Å². The summed E-state index contributed by atoms with van der Waals surface area (Å²) in [5, 5.41) is 0. The van der Waals surface area contributed by atoms with E-state index in [0.29, 0.717) is 36.7 Å². The summed E-state index contributed by atoms with van der Waals surface area (Å²) < 4.78 is 15.8. The molecule has 8 heteroatoms. The fourth-order valence-corrected chi connectivity index (χ4v) is 3.75. The molecule has 0 N–H and O–H groups in total. The SMILES string of the molecule is CCn1c(=O)c2c(nc(/C=C/c3cccc(OC4CCOC4)c3)n2C)n(CC)c1=O. The standard InChI is InChI=1S/C22H26N4O4/c1-4-25-20-19(21(27)26(5-2)22(25)28)24(3)18(23-20)10-9-15-7-6-8-16(13-15)30-17-11-12-29-14-17/h6-10,13,17H,4-5,11-12,14H2,1-3H3/b10-9+. The zero-order valence-electron chi connectivity index (χ0n) is 17.5. The molecule has 1 aliphatic heterocycles. The summed E-state index contributed by atoms with van der Waals surface area (Å²) >= 11 is 0.